The molecule has 4 nitrogen and oxygen atoms in total. The number of hydrogen-bond acceptors (Lipinski definition) is 4. The predicted molar refractivity (Wildman–Crippen MR) is 91.5 cm³/mol. The number of aryl methyl sites for hydroxylation is 1. The molecular weight excluding hydrogens is 294 g/mol. The van der Waals surface area contributed by atoms with Crippen molar-refractivity contribution in [3.05, 3.63) is 35.4 Å². The van der Waals surface area contributed by atoms with Crippen LogP contribution >= 0.6 is 11.8 Å². The lowest BCUT2D eigenvalue weighted by Gasteiger charge is -2.31. The second-order valence-corrected chi connectivity index (χ2v) is 7.44. The fourth-order valence-corrected chi connectivity index (χ4v) is 4.25. The van der Waals surface area contributed by atoms with Gasteiger partial charge in [-0.15, -0.1) is 11.8 Å². The van der Waals surface area contributed by atoms with E-state index in [2.05, 4.69) is 47.4 Å². The Kier molecular flexibility index (Phi) is 5.39. The molecule has 0 aromatic heterocycles. The largest absolute Gasteiger partial charge is 0.353 e. The monoisotopic (exact) mass is 319 g/mol. The average molecular weight is 319 g/mol. The Balaban J connectivity index is 1.37. The lowest BCUT2D eigenvalue weighted by molar-refractivity contribution is -0.119. The highest BCUT2D eigenvalue weighted by molar-refractivity contribution is 7.99. The van der Waals surface area contributed by atoms with Gasteiger partial charge in [-0.1, -0.05) is 29.8 Å². The lowest BCUT2D eigenvalue weighted by Crippen LogP contribution is -2.44. The Labute approximate surface area is 136 Å². The third-order valence-electron chi connectivity index (χ3n) is 4.58. The Bertz CT molecular complexity index is 522. The average Bonchev–Trinajstić information content (AvgIpc) is 2.95. The van der Waals surface area contributed by atoms with Gasteiger partial charge < -0.3 is 5.32 Å². The Hall–Kier alpha value is -1.04. The first-order chi connectivity index (χ1) is 10.7. The number of carbonyl (C=O) groups is 1. The van der Waals surface area contributed by atoms with Crippen molar-refractivity contribution in [1.29, 1.82) is 0 Å². The van der Waals surface area contributed by atoms with E-state index in [1.54, 1.807) is 11.8 Å². The molecule has 3 atom stereocenters. The van der Waals surface area contributed by atoms with Crippen molar-refractivity contribution in [2.45, 2.75) is 44.0 Å². The number of amides is 1. The molecule has 1 aromatic rings. The highest BCUT2D eigenvalue weighted by Gasteiger charge is 2.34. The summed E-state index contributed by atoms with van der Waals surface area (Å²) >= 11 is 1.69. The van der Waals surface area contributed by atoms with Crippen molar-refractivity contribution >= 4 is 17.7 Å². The summed E-state index contributed by atoms with van der Waals surface area (Å²) in [5.74, 6) is 2.30. The highest BCUT2D eigenvalue weighted by Crippen LogP contribution is 2.26. The molecule has 3 unspecified atom stereocenters. The van der Waals surface area contributed by atoms with Crippen LogP contribution in [-0.2, 0) is 10.5 Å². The number of carbonyl (C=O) groups excluding carboxylic acids is 1. The van der Waals surface area contributed by atoms with Crippen molar-refractivity contribution in [2.75, 3.05) is 12.3 Å². The van der Waals surface area contributed by atoms with Gasteiger partial charge >= 0.3 is 0 Å². The summed E-state index contributed by atoms with van der Waals surface area (Å²) in [4.78, 5) is 12.1. The van der Waals surface area contributed by atoms with E-state index >= 15 is 0 Å². The zero-order chi connectivity index (χ0) is 15.4. The van der Waals surface area contributed by atoms with Crippen LogP contribution in [0.1, 0.15) is 30.4 Å². The maximum Gasteiger partial charge on any atom is 0.230 e. The van der Waals surface area contributed by atoms with Crippen LogP contribution in [0, 0.1) is 12.8 Å². The van der Waals surface area contributed by atoms with Crippen LogP contribution in [0.5, 0.6) is 0 Å². The second-order valence-electron chi connectivity index (χ2n) is 6.45. The summed E-state index contributed by atoms with van der Waals surface area (Å²) in [6, 6.07) is 9.45. The fraction of sp³-hybridized carbons (Fsp3) is 0.588. The van der Waals surface area contributed by atoms with Gasteiger partial charge in [0.1, 0.15) is 0 Å². The van der Waals surface area contributed by atoms with Gasteiger partial charge in [0.05, 0.1) is 5.75 Å². The molecule has 1 saturated carbocycles. The Morgan fingerprint density at radius 3 is 3.18 bits per heavy atom. The number of hydrogen-bond donors (Lipinski definition) is 3. The topological polar surface area (TPSA) is 53.2 Å². The van der Waals surface area contributed by atoms with Gasteiger partial charge in [-0.3, -0.25) is 15.6 Å². The summed E-state index contributed by atoms with van der Waals surface area (Å²) in [5.41, 5.74) is 9.12. The van der Waals surface area contributed by atoms with Crippen LogP contribution in [0.4, 0.5) is 0 Å². The predicted octanol–water partition coefficient (Wildman–Crippen LogP) is 1.99. The maximum atomic E-state index is 12.1. The van der Waals surface area contributed by atoms with Crippen LogP contribution in [0.2, 0.25) is 0 Å². The summed E-state index contributed by atoms with van der Waals surface area (Å²) in [7, 11) is 0. The molecule has 3 rings (SSSR count). The Morgan fingerprint density at radius 1 is 1.41 bits per heavy atom. The van der Waals surface area contributed by atoms with Crippen LogP contribution in [0.25, 0.3) is 0 Å². The van der Waals surface area contributed by atoms with E-state index in [1.165, 1.54) is 11.1 Å². The molecule has 2 fully saturated rings. The number of benzene rings is 1. The summed E-state index contributed by atoms with van der Waals surface area (Å²) in [5, 5.41) is 3.21. The molecule has 1 aromatic carbocycles. The van der Waals surface area contributed by atoms with Gasteiger partial charge in [-0.05, 0) is 37.7 Å². The summed E-state index contributed by atoms with van der Waals surface area (Å²) in [6.07, 6.45) is 3.34. The summed E-state index contributed by atoms with van der Waals surface area (Å²) in [6.45, 7) is 3.13. The molecule has 120 valence electrons. The minimum atomic E-state index is 0.181. The molecular formula is C17H25N3OS. The molecule has 2 aliphatic rings. The molecule has 0 radical (unpaired) electrons. The van der Waals surface area contributed by atoms with E-state index in [1.807, 2.05) is 0 Å². The van der Waals surface area contributed by atoms with Crippen LogP contribution in [-0.4, -0.2) is 30.3 Å². The van der Waals surface area contributed by atoms with Gasteiger partial charge in [0.2, 0.25) is 5.91 Å². The number of hydrazine groups is 1. The van der Waals surface area contributed by atoms with E-state index < -0.39 is 0 Å². The fourth-order valence-electron chi connectivity index (χ4n) is 3.46. The smallest absolute Gasteiger partial charge is 0.230 e. The second kappa shape index (κ2) is 7.49. The van der Waals surface area contributed by atoms with Crippen molar-refractivity contribution in [3.8, 4) is 0 Å². The zero-order valence-corrected chi connectivity index (χ0v) is 13.9. The molecule has 3 N–H and O–H groups in total. The third kappa shape index (κ3) is 4.24. The van der Waals surface area contributed by atoms with Crippen molar-refractivity contribution in [2.24, 2.45) is 5.92 Å². The SMILES string of the molecule is Cc1cccc(CSCC(=O)NC2CCC3NNCC3C2)c1. The summed E-state index contributed by atoms with van der Waals surface area (Å²) < 4.78 is 0. The van der Waals surface area contributed by atoms with E-state index in [4.69, 9.17) is 0 Å². The van der Waals surface area contributed by atoms with Gasteiger partial charge in [0.25, 0.3) is 0 Å². The molecule has 1 aliphatic carbocycles. The molecule has 0 spiro atoms. The normalized spacial score (nSPS) is 27.4. The number of fused-ring (bicyclic) bond motifs is 1. The van der Waals surface area contributed by atoms with Gasteiger partial charge in [0, 0.05) is 24.4 Å². The lowest BCUT2D eigenvalue weighted by atomic mass is 9.83. The van der Waals surface area contributed by atoms with Crippen LogP contribution in [0.15, 0.2) is 24.3 Å². The first kappa shape index (κ1) is 15.8. The third-order valence-corrected chi connectivity index (χ3v) is 5.59. The van der Waals surface area contributed by atoms with Crippen LogP contribution < -0.4 is 16.2 Å². The minimum Gasteiger partial charge on any atom is -0.353 e. The van der Waals surface area contributed by atoms with Crippen LogP contribution in [0.3, 0.4) is 0 Å². The number of nitrogens with one attached hydrogen (secondary N) is 3. The number of thioether (sulfide) groups is 1. The molecule has 1 aliphatic heterocycles. The van der Waals surface area contributed by atoms with Crippen molar-refractivity contribution in [3.63, 3.8) is 0 Å². The first-order valence-corrected chi connectivity index (χ1v) is 9.27. The van der Waals surface area contributed by atoms with Gasteiger partial charge in [-0.2, -0.15) is 0 Å². The molecule has 1 amide bonds. The maximum absolute atomic E-state index is 12.1. The van der Waals surface area contributed by atoms with E-state index in [-0.39, 0.29) is 5.91 Å². The quantitative estimate of drug-likeness (QED) is 0.777. The molecule has 1 heterocycles. The zero-order valence-electron chi connectivity index (χ0n) is 13.1. The number of rotatable bonds is 5. The van der Waals surface area contributed by atoms with E-state index in [0.717, 1.165) is 31.6 Å². The molecule has 5 heteroatoms. The van der Waals surface area contributed by atoms with Gasteiger partial charge in [0.15, 0.2) is 0 Å². The first-order valence-electron chi connectivity index (χ1n) is 8.12. The van der Waals surface area contributed by atoms with Crippen molar-refractivity contribution in [1.82, 2.24) is 16.2 Å². The van der Waals surface area contributed by atoms with E-state index in [0.29, 0.717) is 23.8 Å². The minimum absolute atomic E-state index is 0.181. The Morgan fingerprint density at radius 2 is 2.32 bits per heavy atom. The van der Waals surface area contributed by atoms with E-state index in [9.17, 15) is 4.79 Å². The molecule has 22 heavy (non-hydrogen) atoms. The molecule has 1 saturated heterocycles. The van der Waals surface area contributed by atoms with Gasteiger partial charge in [-0.25, -0.2) is 0 Å². The highest BCUT2D eigenvalue weighted by atomic mass is 32.2. The van der Waals surface area contributed by atoms with Crippen molar-refractivity contribution < 1.29 is 4.79 Å². The standard InChI is InChI=1S/C17H25N3OS/c1-12-3-2-4-13(7-12)10-22-11-17(21)19-15-5-6-16-14(8-15)9-18-20-16/h2-4,7,14-16,18,20H,5-6,8-11H2,1H3,(H,19,21). The molecule has 0 bridgehead atoms.